The predicted octanol–water partition coefficient (Wildman–Crippen LogP) is 3.20. The molecule has 9 heteroatoms. The van der Waals surface area contributed by atoms with Crippen molar-refractivity contribution in [2.24, 2.45) is 0 Å². The summed E-state index contributed by atoms with van der Waals surface area (Å²) in [5, 5.41) is 2.62. The minimum Gasteiger partial charge on any atom is -0.322 e. The SMILES string of the molecule is CCCS(=O)(=O)c1ccccc1C(=O)Nc1ccc(S(=O)(=O)NC(C)CC)cc1. The Hall–Kier alpha value is -2.23. The van der Waals surface area contributed by atoms with E-state index in [1.807, 2.05) is 6.92 Å². The number of benzene rings is 2. The van der Waals surface area contributed by atoms with Crippen LogP contribution in [-0.4, -0.2) is 34.5 Å². The van der Waals surface area contributed by atoms with Crippen molar-refractivity contribution in [2.75, 3.05) is 11.1 Å². The van der Waals surface area contributed by atoms with Crippen LogP contribution in [0.25, 0.3) is 0 Å². The number of amides is 1. The van der Waals surface area contributed by atoms with Crippen molar-refractivity contribution in [1.29, 1.82) is 0 Å². The van der Waals surface area contributed by atoms with E-state index in [-0.39, 0.29) is 27.1 Å². The van der Waals surface area contributed by atoms with Crippen LogP contribution in [0.15, 0.2) is 58.3 Å². The molecule has 158 valence electrons. The zero-order valence-corrected chi connectivity index (χ0v) is 18.3. The number of carbonyl (C=O) groups is 1. The maximum Gasteiger partial charge on any atom is 0.256 e. The number of sulfonamides is 1. The van der Waals surface area contributed by atoms with Gasteiger partial charge in [0.25, 0.3) is 5.91 Å². The lowest BCUT2D eigenvalue weighted by Gasteiger charge is -2.13. The molecule has 0 aliphatic carbocycles. The largest absolute Gasteiger partial charge is 0.322 e. The number of sulfone groups is 1. The lowest BCUT2D eigenvalue weighted by atomic mass is 10.2. The summed E-state index contributed by atoms with van der Waals surface area (Å²) in [5.74, 6) is -0.624. The fraction of sp³-hybridized carbons (Fsp3) is 0.350. The first kappa shape index (κ1) is 23.1. The molecule has 0 saturated heterocycles. The maximum atomic E-state index is 12.6. The Morgan fingerprint density at radius 2 is 1.59 bits per heavy atom. The average molecular weight is 439 g/mol. The first-order chi connectivity index (χ1) is 13.6. The Bertz CT molecular complexity index is 1060. The summed E-state index contributed by atoms with van der Waals surface area (Å²) in [7, 11) is -7.21. The van der Waals surface area contributed by atoms with Gasteiger partial charge >= 0.3 is 0 Å². The molecule has 2 rings (SSSR count). The van der Waals surface area contributed by atoms with Crippen molar-refractivity contribution in [3.8, 4) is 0 Å². The van der Waals surface area contributed by atoms with E-state index in [1.54, 1.807) is 26.0 Å². The van der Waals surface area contributed by atoms with Crippen molar-refractivity contribution >= 4 is 31.5 Å². The third-order valence-corrected chi connectivity index (χ3v) is 7.91. The molecule has 1 unspecified atom stereocenters. The number of nitrogens with one attached hydrogen (secondary N) is 2. The smallest absolute Gasteiger partial charge is 0.256 e. The lowest BCUT2D eigenvalue weighted by Crippen LogP contribution is -2.31. The fourth-order valence-corrected chi connectivity index (χ4v) is 5.50. The second kappa shape index (κ2) is 9.51. The Morgan fingerprint density at radius 3 is 2.17 bits per heavy atom. The molecule has 2 aromatic carbocycles. The van der Waals surface area contributed by atoms with E-state index in [0.717, 1.165) is 0 Å². The topological polar surface area (TPSA) is 109 Å². The van der Waals surface area contributed by atoms with Gasteiger partial charge in [0.15, 0.2) is 9.84 Å². The third-order valence-electron chi connectivity index (χ3n) is 4.33. The van der Waals surface area contributed by atoms with Crippen molar-refractivity contribution in [2.45, 2.75) is 49.4 Å². The van der Waals surface area contributed by atoms with Crippen molar-refractivity contribution in [1.82, 2.24) is 4.72 Å². The van der Waals surface area contributed by atoms with Crippen molar-refractivity contribution < 1.29 is 21.6 Å². The number of anilines is 1. The molecular formula is C20H26N2O5S2. The van der Waals surface area contributed by atoms with Gasteiger partial charge in [-0.2, -0.15) is 0 Å². The number of hydrogen-bond acceptors (Lipinski definition) is 5. The molecule has 0 aliphatic heterocycles. The van der Waals surface area contributed by atoms with Gasteiger partial charge in [0.1, 0.15) is 0 Å². The van der Waals surface area contributed by atoms with Gasteiger partial charge in [0.2, 0.25) is 10.0 Å². The molecule has 1 amide bonds. The van der Waals surface area contributed by atoms with Gasteiger partial charge in [-0.3, -0.25) is 4.79 Å². The minimum absolute atomic E-state index is 0.0173. The molecule has 7 nitrogen and oxygen atoms in total. The first-order valence-electron chi connectivity index (χ1n) is 9.36. The summed E-state index contributed by atoms with van der Waals surface area (Å²) < 4.78 is 52.0. The van der Waals surface area contributed by atoms with Crippen LogP contribution in [0.4, 0.5) is 5.69 Å². The van der Waals surface area contributed by atoms with E-state index in [0.29, 0.717) is 18.5 Å². The summed E-state index contributed by atoms with van der Waals surface area (Å²) in [6, 6.07) is 11.5. The van der Waals surface area contributed by atoms with Gasteiger partial charge in [-0.1, -0.05) is 26.0 Å². The molecule has 0 radical (unpaired) electrons. The van der Waals surface area contributed by atoms with Crippen LogP contribution in [0.1, 0.15) is 44.0 Å². The van der Waals surface area contributed by atoms with Crippen LogP contribution in [-0.2, 0) is 19.9 Å². The highest BCUT2D eigenvalue weighted by atomic mass is 32.2. The van der Waals surface area contributed by atoms with Gasteiger partial charge in [0, 0.05) is 11.7 Å². The quantitative estimate of drug-likeness (QED) is 0.625. The molecule has 0 bridgehead atoms. The summed E-state index contributed by atoms with van der Waals surface area (Å²) >= 11 is 0. The normalized spacial score (nSPS) is 13.1. The molecule has 2 N–H and O–H groups in total. The van der Waals surface area contributed by atoms with Crippen molar-refractivity contribution in [3.63, 3.8) is 0 Å². The molecular weight excluding hydrogens is 412 g/mol. The van der Waals surface area contributed by atoms with E-state index in [4.69, 9.17) is 0 Å². The maximum absolute atomic E-state index is 12.6. The second-order valence-corrected chi connectivity index (χ2v) is 10.5. The third kappa shape index (κ3) is 5.88. The van der Waals surface area contributed by atoms with Gasteiger partial charge in [0.05, 0.1) is 21.1 Å². The number of hydrogen-bond donors (Lipinski definition) is 2. The summed E-state index contributed by atoms with van der Waals surface area (Å²) in [6.45, 7) is 5.41. The molecule has 0 fully saturated rings. The molecule has 2 aromatic rings. The molecule has 0 aliphatic rings. The molecule has 0 aromatic heterocycles. The lowest BCUT2D eigenvalue weighted by molar-refractivity contribution is 0.102. The monoisotopic (exact) mass is 438 g/mol. The Labute approximate surface area is 172 Å². The summed E-state index contributed by atoms with van der Waals surface area (Å²) in [5.41, 5.74) is 0.413. The predicted molar refractivity (Wildman–Crippen MR) is 113 cm³/mol. The Morgan fingerprint density at radius 1 is 0.966 bits per heavy atom. The van der Waals surface area contributed by atoms with Crippen LogP contribution in [0, 0.1) is 0 Å². The zero-order valence-electron chi connectivity index (χ0n) is 16.7. The zero-order chi connectivity index (χ0) is 21.7. The number of carbonyl (C=O) groups excluding carboxylic acids is 1. The van der Waals surface area contributed by atoms with E-state index < -0.39 is 25.8 Å². The Kier molecular flexibility index (Phi) is 7.56. The molecule has 0 spiro atoms. The van der Waals surface area contributed by atoms with Gasteiger partial charge in [-0.25, -0.2) is 21.6 Å². The summed E-state index contributed by atoms with van der Waals surface area (Å²) in [4.78, 5) is 12.7. The van der Waals surface area contributed by atoms with Crippen LogP contribution < -0.4 is 10.0 Å². The van der Waals surface area contributed by atoms with Crippen LogP contribution in [0.3, 0.4) is 0 Å². The minimum atomic E-state index is -3.64. The van der Waals surface area contributed by atoms with Crippen molar-refractivity contribution in [3.05, 3.63) is 54.1 Å². The second-order valence-electron chi connectivity index (χ2n) is 6.72. The first-order valence-corrected chi connectivity index (χ1v) is 12.5. The highest BCUT2D eigenvalue weighted by molar-refractivity contribution is 7.91. The van der Waals surface area contributed by atoms with E-state index in [2.05, 4.69) is 10.0 Å². The molecule has 0 saturated carbocycles. The standard InChI is InChI=1S/C20H26N2O5S2/c1-4-14-28(24,25)19-9-7-6-8-18(19)20(23)21-16-10-12-17(13-11-16)29(26,27)22-15(3)5-2/h6-13,15,22H,4-5,14H2,1-3H3,(H,21,23). The van der Waals surface area contributed by atoms with E-state index >= 15 is 0 Å². The fourth-order valence-electron chi connectivity index (χ4n) is 2.64. The van der Waals surface area contributed by atoms with E-state index in [1.165, 1.54) is 36.4 Å². The highest BCUT2D eigenvalue weighted by Crippen LogP contribution is 2.20. The van der Waals surface area contributed by atoms with Gasteiger partial charge in [-0.05, 0) is 56.2 Å². The van der Waals surface area contributed by atoms with E-state index in [9.17, 15) is 21.6 Å². The molecule has 1 atom stereocenters. The highest BCUT2D eigenvalue weighted by Gasteiger charge is 2.22. The van der Waals surface area contributed by atoms with Gasteiger partial charge < -0.3 is 5.32 Å². The number of rotatable bonds is 9. The van der Waals surface area contributed by atoms with Crippen LogP contribution in [0.5, 0.6) is 0 Å². The summed E-state index contributed by atoms with van der Waals surface area (Å²) in [6.07, 6.45) is 1.10. The molecule has 29 heavy (non-hydrogen) atoms. The molecule has 0 heterocycles. The average Bonchev–Trinajstić information content (AvgIpc) is 2.68. The van der Waals surface area contributed by atoms with Crippen LogP contribution >= 0.6 is 0 Å². The Balaban J connectivity index is 2.23. The van der Waals surface area contributed by atoms with Gasteiger partial charge in [-0.15, -0.1) is 0 Å². The van der Waals surface area contributed by atoms with Crippen LogP contribution in [0.2, 0.25) is 0 Å².